The molecule has 1 heterocycles. The van der Waals surface area contributed by atoms with Crippen LogP contribution < -0.4 is 5.32 Å². The summed E-state index contributed by atoms with van der Waals surface area (Å²) in [4.78, 5) is 0. The molecule has 0 spiro atoms. The molecule has 0 radical (unpaired) electrons. The summed E-state index contributed by atoms with van der Waals surface area (Å²) in [6.07, 6.45) is 0. The number of hydrogen-bond acceptors (Lipinski definition) is 2. The first-order valence-corrected chi connectivity index (χ1v) is 2.28. The summed E-state index contributed by atoms with van der Waals surface area (Å²) in [5.41, 5.74) is 0. The summed E-state index contributed by atoms with van der Waals surface area (Å²) in [5.74, 6) is 0. The minimum atomic E-state index is 0. The molecule has 0 saturated carbocycles. The molecule has 1 N–H and O–H groups in total. The molecule has 38 valence electrons. The van der Waals surface area contributed by atoms with Crippen LogP contribution in [-0.2, 0) is 4.74 Å². The van der Waals surface area contributed by atoms with Gasteiger partial charge in [-0.1, -0.05) is 0 Å². The number of morpholine rings is 1. The van der Waals surface area contributed by atoms with Gasteiger partial charge in [0.2, 0.25) is 0 Å². The molecule has 0 aromatic heterocycles. The number of ether oxygens (including phenoxy) is 1. The SMILES string of the molecule is C1COCCN1.[KH]. The maximum absolute atomic E-state index is 5.01. The van der Waals surface area contributed by atoms with E-state index < -0.39 is 0 Å². The van der Waals surface area contributed by atoms with E-state index in [2.05, 4.69) is 5.32 Å². The van der Waals surface area contributed by atoms with E-state index in [1.165, 1.54) is 0 Å². The molecular formula is C4H10KNO. The van der Waals surface area contributed by atoms with E-state index in [0.717, 1.165) is 26.3 Å². The fraction of sp³-hybridized carbons (Fsp3) is 1.00. The average molecular weight is 127 g/mol. The molecule has 0 amide bonds. The van der Waals surface area contributed by atoms with Crippen molar-refractivity contribution >= 4 is 51.4 Å². The second-order valence-electron chi connectivity index (χ2n) is 1.36. The third-order valence-electron chi connectivity index (χ3n) is 0.846. The topological polar surface area (TPSA) is 21.3 Å². The van der Waals surface area contributed by atoms with Gasteiger partial charge in [0, 0.05) is 13.1 Å². The third kappa shape index (κ3) is 4.09. The van der Waals surface area contributed by atoms with Crippen LogP contribution in [-0.4, -0.2) is 77.7 Å². The number of rotatable bonds is 0. The van der Waals surface area contributed by atoms with Crippen molar-refractivity contribution in [2.45, 2.75) is 0 Å². The zero-order valence-electron chi connectivity index (χ0n) is 3.74. The summed E-state index contributed by atoms with van der Waals surface area (Å²) in [6, 6.07) is 0. The van der Waals surface area contributed by atoms with Gasteiger partial charge in [-0.05, 0) is 0 Å². The molecule has 1 saturated heterocycles. The quantitative estimate of drug-likeness (QED) is 0.420. The van der Waals surface area contributed by atoms with E-state index >= 15 is 0 Å². The Morgan fingerprint density at radius 3 is 1.86 bits per heavy atom. The van der Waals surface area contributed by atoms with Crippen LogP contribution in [0.1, 0.15) is 0 Å². The van der Waals surface area contributed by atoms with Crippen molar-refractivity contribution in [2.24, 2.45) is 0 Å². The first-order valence-electron chi connectivity index (χ1n) is 2.28. The van der Waals surface area contributed by atoms with Gasteiger partial charge in [0.1, 0.15) is 0 Å². The predicted octanol–water partition coefficient (Wildman–Crippen LogP) is -1.04. The van der Waals surface area contributed by atoms with Crippen LogP contribution in [0.15, 0.2) is 0 Å². The normalized spacial score (nSPS) is 20.6. The molecule has 1 aliphatic heterocycles. The molecule has 0 bridgehead atoms. The maximum atomic E-state index is 5.01. The molecule has 0 aromatic carbocycles. The standard InChI is InChI=1S/C4H9NO.K.H/c1-3-6-4-2-5-1;;/h5H,1-4H2;;. The van der Waals surface area contributed by atoms with Crippen molar-refractivity contribution in [3.8, 4) is 0 Å². The van der Waals surface area contributed by atoms with Gasteiger partial charge in [-0.15, -0.1) is 0 Å². The summed E-state index contributed by atoms with van der Waals surface area (Å²) in [6.45, 7) is 3.83. The van der Waals surface area contributed by atoms with Crippen LogP contribution in [0.4, 0.5) is 0 Å². The zero-order valence-corrected chi connectivity index (χ0v) is 3.74. The van der Waals surface area contributed by atoms with E-state index in [-0.39, 0.29) is 51.4 Å². The Balaban J connectivity index is 0.000000360. The summed E-state index contributed by atoms with van der Waals surface area (Å²) in [7, 11) is 0. The van der Waals surface area contributed by atoms with Gasteiger partial charge in [0.05, 0.1) is 13.2 Å². The van der Waals surface area contributed by atoms with Crippen molar-refractivity contribution in [3.05, 3.63) is 0 Å². The van der Waals surface area contributed by atoms with E-state index in [9.17, 15) is 0 Å². The van der Waals surface area contributed by atoms with Crippen molar-refractivity contribution in [3.63, 3.8) is 0 Å². The summed E-state index contributed by atoms with van der Waals surface area (Å²) in [5, 5.41) is 3.16. The van der Waals surface area contributed by atoms with Crippen LogP contribution >= 0.6 is 0 Å². The van der Waals surface area contributed by atoms with Gasteiger partial charge in [-0.2, -0.15) is 0 Å². The van der Waals surface area contributed by atoms with Crippen molar-refractivity contribution < 1.29 is 4.74 Å². The summed E-state index contributed by atoms with van der Waals surface area (Å²) < 4.78 is 5.01. The molecular weight excluding hydrogens is 117 g/mol. The fourth-order valence-electron chi connectivity index (χ4n) is 0.516. The molecule has 7 heavy (non-hydrogen) atoms. The van der Waals surface area contributed by atoms with Crippen molar-refractivity contribution in [1.82, 2.24) is 5.32 Å². The van der Waals surface area contributed by atoms with Crippen molar-refractivity contribution in [1.29, 1.82) is 0 Å². The Morgan fingerprint density at radius 2 is 1.71 bits per heavy atom. The van der Waals surface area contributed by atoms with Gasteiger partial charge >= 0.3 is 51.4 Å². The number of nitrogens with one attached hydrogen (secondary N) is 1. The van der Waals surface area contributed by atoms with Gasteiger partial charge in [0.15, 0.2) is 0 Å². The van der Waals surface area contributed by atoms with Crippen LogP contribution in [0.3, 0.4) is 0 Å². The van der Waals surface area contributed by atoms with E-state index in [1.54, 1.807) is 0 Å². The molecule has 1 aliphatic rings. The van der Waals surface area contributed by atoms with Gasteiger partial charge in [0.25, 0.3) is 0 Å². The Morgan fingerprint density at radius 1 is 1.14 bits per heavy atom. The molecule has 3 heteroatoms. The van der Waals surface area contributed by atoms with Crippen LogP contribution in [0.25, 0.3) is 0 Å². The minimum absolute atomic E-state index is 0. The summed E-state index contributed by atoms with van der Waals surface area (Å²) >= 11 is 0. The monoisotopic (exact) mass is 127 g/mol. The van der Waals surface area contributed by atoms with E-state index in [0.29, 0.717) is 0 Å². The fourth-order valence-corrected chi connectivity index (χ4v) is 0.516. The first-order chi connectivity index (χ1) is 3.00. The number of hydrogen-bond donors (Lipinski definition) is 1. The molecule has 1 rings (SSSR count). The van der Waals surface area contributed by atoms with E-state index in [1.807, 2.05) is 0 Å². The molecule has 0 aromatic rings. The Hall–Kier alpha value is 1.56. The second-order valence-corrected chi connectivity index (χ2v) is 1.36. The predicted molar refractivity (Wildman–Crippen MR) is 30.8 cm³/mol. The molecule has 0 aliphatic carbocycles. The zero-order chi connectivity index (χ0) is 4.24. The van der Waals surface area contributed by atoms with E-state index in [4.69, 9.17) is 4.74 Å². The molecule has 0 atom stereocenters. The third-order valence-corrected chi connectivity index (χ3v) is 0.846. The average Bonchev–Trinajstić information content (AvgIpc) is 1.72. The van der Waals surface area contributed by atoms with Gasteiger partial charge in [-0.3, -0.25) is 0 Å². The Bertz CT molecular complexity index is 27.2. The van der Waals surface area contributed by atoms with Gasteiger partial charge < -0.3 is 10.1 Å². The Kier molecular flexibility index (Phi) is 6.95. The van der Waals surface area contributed by atoms with Crippen LogP contribution in [0.5, 0.6) is 0 Å². The first kappa shape index (κ1) is 8.56. The molecule has 0 unspecified atom stereocenters. The Labute approximate surface area is 86.4 Å². The molecule has 2 nitrogen and oxygen atoms in total. The van der Waals surface area contributed by atoms with Gasteiger partial charge in [-0.25, -0.2) is 0 Å². The van der Waals surface area contributed by atoms with Crippen LogP contribution in [0.2, 0.25) is 0 Å². The molecule has 1 fully saturated rings. The second kappa shape index (κ2) is 5.69. The van der Waals surface area contributed by atoms with Crippen molar-refractivity contribution in [2.75, 3.05) is 26.3 Å². The van der Waals surface area contributed by atoms with Crippen LogP contribution in [0, 0.1) is 0 Å².